The van der Waals surface area contributed by atoms with Gasteiger partial charge in [0, 0.05) is 12.8 Å². The molecule has 2 rings (SSSR count). The average Bonchev–Trinajstić information content (AvgIpc) is 2.92. The van der Waals surface area contributed by atoms with Gasteiger partial charge in [0.25, 0.3) is 0 Å². The lowest BCUT2D eigenvalue weighted by Crippen LogP contribution is -2.14. The molecular weight excluding hydrogens is 305 g/mol. The van der Waals surface area contributed by atoms with E-state index in [-0.39, 0.29) is 12.3 Å². The van der Waals surface area contributed by atoms with E-state index in [0.717, 1.165) is 24.5 Å². The highest BCUT2D eigenvalue weighted by atomic mass is 35.5. The second-order valence-corrected chi connectivity index (χ2v) is 6.26. The van der Waals surface area contributed by atoms with Crippen LogP contribution in [0.15, 0.2) is 6.07 Å². The van der Waals surface area contributed by atoms with Gasteiger partial charge < -0.3 is 0 Å². The molecule has 0 unspecified atom stereocenters. The first kappa shape index (κ1) is 14.5. The van der Waals surface area contributed by atoms with Gasteiger partial charge >= 0.3 is 0 Å². The molecule has 4 nitrogen and oxygen atoms in total. The van der Waals surface area contributed by atoms with E-state index in [1.165, 1.54) is 11.3 Å². The van der Waals surface area contributed by atoms with Crippen molar-refractivity contribution in [3.63, 3.8) is 0 Å². The molecule has 0 aromatic carbocycles. The van der Waals surface area contributed by atoms with Gasteiger partial charge in [-0.3, -0.25) is 4.79 Å². The number of ketones is 1. The van der Waals surface area contributed by atoms with Gasteiger partial charge in [-0.2, -0.15) is 5.10 Å². The maximum absolute atomic E-state index is 12.2. The molecule has 2 heterocycles. The van der Waals surface area contributed by atoms with Crippen LogP contribution in [-0.4, -0.2) is 20.5 Å². The minimum absolute atomic E-state index is 0.101. The first-order chi connectivity index (χ1) is 9.05. The number of hydrogen-bond donors (Lipinski definition) is 0. The quantitative estimate of drug-likeness (QED) is 0.791. The molecule has 19 heavy (non-hydrogen) atoms. The summed E-state index contributed by atoms with van der Waals surface area (Å²) in [6.07, 6.45) is 1.48. The first-order valence-electron chi connectivity index (χ1n) is 5.95. The molecular formula is C12H13Cl2N3OS. The van der Waals surface area contributed by atoms with E-state index < -0.39 is 0 Å². The Bertz CT molecular complexity index is 606. The molecule has 0 saturated heterocycles. The summed E-state index contributed by atoms with van der Waals surface area (Å²) in [5.41, 5.74) is 0.451. The molecule has 0 fully saturated rings. The lowest BCUT2D eigenvalue weighted by molar-refractivity contribution is 0.0967. The molecule has 0 aliphatic carbocycles. The zero-order valence-corrected chi connectivity index (χ0v) is 12.9. The van der Waals surface area contributed by atoms with Gasteiger partial charge in [0.1, 0.15) is 16.7 Å². The fourth-order valence-corrected chi connectivity index (χ4v) is 3.21. The van der Waals surface area contributed by atoms with Crippen LogP contribution < -0.4 is 0 Å². The number of carbonyl (C=O) groups excluding carboxylic acids is 1. The van der Waals surface area contributed by atoms with Crippen molar-refractivity contribution < 1.29 is 4.79 Å². The van der Waals surface area contributed by atoms with Crippen LogP contribution in [0.2, 0.25) is 8.67 Å². The second kappa shape index (κ2) is 6.03. The lowest BCUT2D eigenvalue weighted by Gasteiger charge is -2.02. The molecule has 0 N–H and O–H groups in total. The Labute approximate surface area is 125 Å². The Morgan fingerprint density at radius 1 is 1.37 bits per heavy atom. The van der Waals surface area contributed by atoms with Crippen LogP contribution in [-0.2, 0) is 19.4 Å². The van der Waals surface area contributed by atoms with Gasteiger partial charge in [-0.05, 0) is 6.07 Å². The van der Waals surface area contributed by atoms with Crippen molar-refractivity contribution in [2.75, 3.05) is 0 Å². The molecule has 0 spiro atoms. The van der Waals surface area contributed by atoms with E-state index in [1.807, 2.05) is 13.8 Å². The highest BCUT2D eigenvalue weighted by Gasteiger charge is 2.17. The number of aromatic nitrogens is 3. The molecule has 0 bridgehead atoms. The average molecular weight is 318 g/mol. The maximum atomic E-state index is 12.2. The maximum Gasteiger partial charge on any atom is 0.186 e. The Hall–Kier alpha value is -0.910. The van der Waals surface area contributed by atoms with Crippen molar-refractivity contribution in [3.8, 4) is 0 Å². The highest BCUT2D eigenvalue weighted by Crippen LogP contribution is 2.31. The third-order valence-electron chi connectivity index (χ3n) is 2.68. The second-order valence-electron chi connectivity index (χ2n) is 3.97. The van der Waals surface area contributed by atoms with Crippen molar-refractivity contribution >= 4 is 40.3 Å². The monoisotopic (exact) mass is 317 g/mol. The molecule has 0 saturated carbocycles. The summed E-state index contributed by atoms with van der Waals surface area (Å²) in [5, 5.41) is 4.31. The van der Waals surface area contributed by atoms with Crippen LogP contribution >= 0.6 is 34.5 Å². The number of carbonyl (C=O) groups is 1. The Morgan fingerprint density at radius 3 is 2.63 bits per heavy atom. The number of Topliss-reactive ketones (excluding diaryl/α,β-unsaturated/α-hetero) is 1. The molecule has 0 radical (unpaired) electrons. The van der Waals surface area contributed by atoms with Crippen LogP contribution in [0.1, 0.15) is 35.9 Å². The SMILES string of the molecule is CCc1nc(CC)n(CC(=O)c2cc(Cl)sc2Cl)n1. The van der Waals surface area contributed by atoms with Gasteiger partial charge in [-0.25, -0.2) is 9.67 Å². The van der Waals surface area contributed by atoms with Crippen LogP contribution in [0.4, 0.5) is 0 Å². The van der Waals surface area contributed by atoms with Crippen LogP contribution in [0.5, 0.6) is 0 Å². The van der Waals surface area contributed by atoms with Crippen LogP contribution in [0.25, 0.3) is 0 Å². The molecule has 0 aliphatic heterocycles. The first-order valence-corrected chi connectivity index (χ1v) is 7.53. The minimum atomic E-state index is -0.101. The third kappa shape index (κ3) is 3.16. The number of rotatable bonds is 5. The molecule has 0 aliphatic rings. The normalized spacial score (nSPS) is 10.9. The Balaban J connectivity index is 2.23. The topological polar surface area (TPSA) is 47.8 Å². The zero-order valence-electron chi connectivity index (χ0n) is 10.6. The van der Waals surface area contributed by atoms with Crippen molar-refractivity contribution in [3.05, 3.63) is 32.0 Å². The summed E-state index contributed by atoms with van der Waals surface area (Å²) in [6.45, 7) is 4.11. The highest BCUT2D eigenvalue weighted by molar-refractivity contribution is 7.20. The summed E-state index contributed by atoms with van der Waals surface area (Å²) in [7, 11) is 0. The smallest absolute Gasteiger partial charge is 0.186 e. The zero-order chi connectivity index (χ0) is 14.0. The molecule has 2 aromatic heterocycles. The van der Waals surface area contributed by atoms with Gasteiger partial charge in [0.05, 0.1) is 9.90 Å². The van der Waals surface area contributed by atoms with E-state index >= 15 is 0 Å². The standard InChI is InChI=1S/C12H13Cl2N3OS/c1-3-10-15-11(4-2)17(16-10)6-8(18)7-5-9(13)19-12(7)14/h5H,3-4,6H2,1-2H3. The number of hydrogen-bond acceptors (Lipinski definition) is 4. The van der Waals surface area contributed by atoms with Gasteiger partial charge in [-0.1, -0.05) is 37.0 Å². The summed E-state index contributed by atoms with van der Waals surface area (Å²) in [6, 6.07) is 1.60. The fraction of sp³-hybridized carbons (Fsp3) is 0.417. The van der Waals surface area contributed by atoms with E-state index in [4.69, 9.17) is 23.2 Å². The molecule has 0 atom stereocenters. The van der Waals surface area contributed by atoms with Gasteiger partial charge in [0.2, 0.25) is 0 Å². The lowest BCUT2D eigenvalue weighted by atomic mass is 10.2. The molecule has 2 aromatic rings. The summed E-state index contributed by atoms with van der Waals surface area (Å²) >= 11 is 13.0. The van der Waals surface area contributed by atoms with Crippen LogP contribution in [0, 0.1) is 0 Å². The predicted octanol–water partition coefficient (Wildman–Crippen LogP) is 3.65. The van der Waals surface area contributed by atoms with Crippen molar-refractivity contribution in [2.45, 2.75) is 33.2 Å². The largest absolute Gasteiger partial charge is 0.292 e. The third-order valence-corrected chi connectivity index (χ3v) is 4.16. The van der Waals surface area contributed by atoms with E-state index in [0.29, 0.717) is 14.2 Å². The number of aryl methyl sites for hydroxylation is 2. The van der Waals surface area contributed by atoms with Crippen LogP contribution in [0.3, 0.4) is 0 Å². The molecule has 7 heteroatoms. The van der Waals surface area contributed by atoms with E-state index in [1.54, 1.807) is 10.7 Å². The van der Waals surface area contributed by atoms with Gasteiger partial charge in [-0.15, -0.1) is 11.3 Å². The van der Waals surface area contributed by atoms with E-state index in [2.05, 4.69) is 10.1 Å². The molecule has 102 valence electrons. The van der Waals surface area contributed by atoms with E-state index in [9.17, 15) is 4.79 Å². The number of nitrogens with zero attached hydrogens (tertiary/aromatic N) is 3. The number of halogens is 2. The molecule has 0 amide bonds. The Morgan fingerprint density at radius 2 is 2.11 bits per heavy atom. The summed E-state index contributed by atoms with van der Waals surface area (Å²) < 4.78 is 2.57. The Kier molecular flexibility index (Phi) is 4.60. The summed E-state index contributed by atoms with van der Waals surface area (Å²) in [5.74, 6) is 1.46. The predicted molar refractivity (Wildman–Crippen MR) is 77.4 cm³/mol. The number of thiophene rings is 1. The fourth-order valence-electron chi connectivity index (χ4n) is 1.72. The van der Waals surface area contributed by atoms with Crippen molar-refractivity contribution in [2.24, 2.45) is 0 Å². The minimum Gasteiger partial charge on any atom is -0.292 e. The summed E-state index contributed by atoms with van der Waals surface area (Å²) in [4.78, 5) is 16.6. The van der Waals surface area contributed by atoms with Gasteiger partial charge in [0.15, 0.2) is 11.6 Å². The van der Waals surface area contributed by atoms with Crippen molar-refractivity contribution in [1.29, 1.82) is 0 Å². The van der Waals surface area contributed by atoms with Crippen molar-refractivity contribution in [1.82, 2.24) is 14.8 Å².